The Balaban J connectivity index is 1.37. The van der Waals surface area contributed by atoms with Gasteiger partial charge in [0, 0.05) is 17.7 Å². The fourth-order valence-electron chi connectivity index (χ4n) is 4.83. The third-order valence-corrected chi connectivity index (χ3v) is 7.84. The molecule has 0 unspecified atom stereocenters. The Morgan fingerprint density at radius 2 is 2.08 bits per heavy atom. The fourth-order valence-corrected chi connectivity index (χ4v) is 6.08. The molecule has 2 aromatic carbocycles. The number of esters is 1. The summed E-state index contributed by atoms with van der Waals surface area (Å²) in [7, 11) is 1.31. The van der Waals surface area contributed by atoms with Crippen LogP contribution >= 0.6 is 22.9 Å². The maximum absolute atomic E-state index is 13.6. The van der Waals surface area contributed by atoms with Crippen LogP contribution in [0.1, 0.15) is 30.0 Å². The highest BCUT2D eigenvalue weighted by atomic mass is 35.5. The van der Waals surface area contributed by atoms with E-state index in [1.165, 1.54) is 41.2 Å². The minimum atomic E-state index is -1.24. The quantitative estimate of drug-likeness (QED) is 0.348. The normalized spacial score (nSPS) is 21.6. The molecule has 0 spiro atoms. The molecule has 4 heterocycles. The monoisotopic (exact) mass is 554 g/mol. The third-order valence-electron chi connectivity index (χ3n) is 6.56. The van der Waals surface area contributed by atoms with Gasteiger partial charge in [-0.1, -0.05) is 41.1 Å². The van der Waals surface area contributed by atoms with E-state index < -0.39 is 29.5 Å². The first-order valence-electron chi connectivity index (χ1n) is 11.6. The summed E-state index contributed by atoms with van der Waals surface area (Å²) in [5.41, 5.74) is -0.832. The molecule has 4 aromatic rings. The van der Waals surface area contributed by atoms with E-state index in [1.807, 2.05) is 18.2 Å². The van der Waals surface area contributed by atoms with Gasteiger partial charge in [0.2, 0.25) is 5.72 Å². The number of rotatable bonds is 5. The smallest absolute Gasteiger partial charge is 0.317 e. The molecule has 3 atom stereocenters. The maximum atomic E-state index is 13.6. The van der Waals surface area contributed by atoms with Gasteiger partial charge in [-0.05, 0) is 37.3 Å². The maximum Gasteiger partial charge on any atom is 0.317 e. The minimum absolute atomic E-state index is 0.0376. The second kappa shape index (κ2) is 9.14. The summed E-state index contributed by atoms with van der Waals surface area (Å²) in [6.45, 7) is 1.81. The van der Waals surface area contributed by atoms with Crippen LogP contribution in [0.25, 0.3) is 6.08 Å². The molecule has 0 aliphatic carbocycles. The Morgan fingerprint density at radius 3 is 2.87 bits per heavy atom. The largest absolute Gasteiger partial charge is 0.486 e. The number of thiazole rings is 1. The van der Waals surface area contributed by atoms with Gasteiger partial charge in [-0.3, -0.25) is 14.2 Å². The number of hydrogen-bond donors (Lipinski definition) is 0. The zero-order valence-corrected chi connectivity index (χ0v) is 21.7. The van der Waals surface area contributed by atoms with Crippen LogP contribution in [-0.4, -0.2) is 23.4 Å². The summed E-state index contributed by atoms with van der Waals surface area (Å²) >= 11 is 6.98. The number of ether oxygens (including phenoxy) is 3. The van der Waals surface area contributed by atoms with Crippen LogP contribution in [0.4, 0.5) is 4.39 Å². The molecule has 11 heteroatoms. The van der Waals surface area contributed by atoms with Crippen LogP contribution in [0.2, 0.25) is 5.02 Å². The van der Waals surface area contributed by atoms with Crippen molar-refractivity contribution in [3.05, 3.63) is 102 Å². The molecule has 0 N–H and O–H groups in total. The van der Waals surface area contributed by atoms with E-state index in [4.69, 9.17) is 35.2 Å². The molecule has 2 aliphatic rings. The van der Waals surface area contributed by atoms with Gasteiger partial charge < -0.3 is 18.6 Å². The lowest BCUT2D eigenvalue weighted by atomic mass is 9.81. The van der Waals surface area contributed by atoms with E-state index in [0.29, 0.717) is 37.9 Å². The Labute approximate surface area is 224 Å². The van der Waals surface area contributed by atoms with E-state index in [2.05, 4.69) is 0 Å². The first-order valence-corrected chi connectivity index (χ1v) is 12.8. The number of carbonyl (C=O) groups excluding carboxylic acids is 1. The highest BCUT2D eigenvalue weighted by Crippen LogP contribution is 2.47. The topological polar surface area (TPSA) is 92.3 Å². The average Bonchev–Trinajstić information content (AvgIpc) is 3.46. The van der Waals surface area contributed by atoms with E-state index >= 15 is 0 Å². The average molecular weight is 555 g/mol. The van der Waals surface area contributed by atoms with Gasteiger partial charge in [-0.2, -0.15) is 0 Å². The lowest BCUT2D eigenvalue weighted by Gasteiger charge is -2.44. The Kier molecular flexibility index (Phi) is 5.88. The number of para-hydroxylation sites is 1. The summed E-state index contributed by atoms with van der Waals surface area (Å²) in [5.74, 6) is 0.0105. The van der Waals surface area contributed by atoms with Crippen molar-refractivity contribution in [2.45, 2.75) is 25.3 Å². The first kappa shape index (κ1) is 24.4. The van der Waals surface area contributed by atoms with E-state index in [1.54, 1.807) is 31.2 Å². The molecule has 2 bridgehead atoms. The van der Waals surface area contributed by atoms with E-state index in [0.717, 1.165) is 0 Å². The minimum Gasteiger partial charge on any atom is -0.486 e. The van der Waals surface area contributed by atoms with E-state index in [-0.39, 0.29) is 17.2 Å². The van der Waals surface area contributed by atoms with Gasteiger partial charge in [0.05, 0.1) is 22.7 Å². The van der Waals surface area contributed by atoms with Crippen molar-refractivity contribution in [3.8, 4) is 11.5 Å². The van der Waals surface area contributed by atoms with Gasteiger partial charge in [-0.25, -0.2) is 9.38 Å². The van der Waals surface area contributed by atoms with Crippen LogP contribution in [0.3, 0.4) is 0 Å². The first-order chi connectivity index (χ1) is 18.3. The molecule has 0 fully saturated rings. The van der Waals surface area contributed by atoms with Crippen LogP contribution < -0.4 is 24.4 Å². The molecule has 6 rings (SSSR count). The molecule has 38 heavy (non-hydrogen) atoms. The van der Waals surface area contributed by atoms with Crippen LogP contribution in [-0.2, 0) is 16.1 Å². The summed E-state index contributed by atoms with van der Waals surface area (Å²) < 4.78 is 38.0. The number of aromatic nitrogens is 1. The predicted octanol–water partition coefficient (Wildman–Crippen LogP) is 3.82. The van der Waals surface area contributed by atoms with Gasteiger partial charge in [0.15, 0.2) is 4.80 Å². The van der Waals surface area contributed by atoms with Gasteiger partial charge >= 0.3 is 5.97 Å². The van der Waals surface area contributed by atoms with Crippen molar-refractivity contribution in [3.63, 3.8) is 0 Å². The predicted molar refractivity (Wildman–Crippen MR) is 136 cm³/mol. The molecule has 194 valence electrons. The highest BCUT2D eigenvalue weighted by Gasteiger charge is 2.55. The number of methoxy groups -OCH3 is 1. The highest BCUT2D eigenvalue weighted by molar-refractivity contribution is 7.07. The number of benzene rings is 2. The summed E-state index contributed by atoms with van der Waals surface area (Å²) in [6, 6.07) is 14.2. The van der Waals surface area contributed by atoms with Crippen LogP contribution in [0, 0.1) is 11.7 Å². The van der Waals surface area contributed by atoms with Crippen molar-refractivity contribution >= 4 is 35.0 Å². The van der Waals surface area contributed by atoms with E-state index in [9.17, 15) is 14.0 Å². The zero-order valence-electron chi connectivity index (χ0n) is 20.1. The molecular formula is C27H20ClFN2O6S. The number of hydrogen-bond acceptors (Lipinski definition) is 8. The van der Waals surface area contributed by atoms with Gasteiger partial charge in [-0.15, -0.1) is 0 Å². The molecule has 8 nitrogen and oxygen atoms in total. The van der Waals surface area contributed by atoms with Crippen molar-refractivity contribution in [1.29, 1.82) is 0 Å². The number of fused-ring (bicyclic) bond motifs is 6. The molecular weight excluding hydrogens is 535 g/mol. The fraction of sp³-hybridized carbons (Fsp3) is 0.222. The lowest BCUT2D eigenvalue weighted by Crippen LogP contribution is -2.58. The van der Waals surface area contributed by atoms with Crippen molar-refractivity contribution in [2.75, 3.05) is 7.11 Å². The van der Waals surface area contributed by atoms with Crippen molar-refractivity contribution in [2.24, 2.45) is 10.9 Å². The second-order valence-corrected chi connectivity index (χ2v) is 10.4. The molecule has 2 aromatic heterocycles. The Hall–Kier alpha value is -3.89. The van der Waals surface area contributed by atoms with Crippen molar-refractivity contribution < 1.29 is 27.8 Å². The molecule has 0 amide bonds. The second-order valence-electron chi connectivity index (χ2n) is 8.99. The molecule has 2 aliphatic heterocycles. The molecule has 0 saturated carbocycles. The van der Waals surface area contributed by atoms with Crippen molar-refractivity contribution in [1.82, 2.24) is 4.57 Å². The van der Waals surface area contributed by atoms with Gasteiger partial charge in [0.25, 0.3) is 5.56 Å². The van der Waals surface area contributed by atoms with Gasteiger partial charge in [0.1, 0.15) is 41.4 Å². The zero-order chi connectivity index (χ0) is 26.6. The number of nitrogens with zero attached hydrogens (tertiary/aromatic N) is 2. The van der Waals surface area contributed by atoms with Crippen LogP contribution in [0.5, 0.6) is 11.5 Å². The number of halogens is 2. The Bertz CT molecular complexity index is 1760. The third kappa shape index (κ3) is 4.00. The SMILES string of the molecule is COC(=O)[C@@H]1[C@H]2c3ccccc3O[C@@]1(C)N=c1s/c(=C/c3ccc(COc4ccc(F)c(Cl)c4)o3)c(=O)n12. The Morgan fingerprint density at radius 1 is 1.26 bits per heavy atom. The standard InChI is InChI=1S/C27H20ClFN2O6S/c1-27-22(25(33)34-2)23(17-5-3-4-6-20(17)37-27)31-24(32)21(38-26(31)30-27)12-15-7-8-16(36-15)13-35-14-9-10-19(29)18(28)11-14/h3-12,22-23H,13H2,1-2H3/b21-12+/t22-,23+,27+/m0/s1. The molecule has 0 saturated heterocycles. The summed E-state index contributed by atoms with van der Waals surface area (Å²) in [4.78, 5) is 31.7. The molecule has 0 radical (unpaired) electrons. The summed E-state index contributed by atoms with van der Waals surface area (Å²) in [5, 5.41) is -0.0376. The van der Waals surface area contributed by atoms with Crippen LogP contribution in [0.15, 0.2) is 68.8 Å². The summed E-state index contributed by atoms with van der Waals surface area (Å²) in [6.07, 6.45) is 1.62. The number of furan rings is 1. The lowest BCUT2D eigenvalue weighted by molar-refractivity contribution is -0.158. The number of carbonyl (C=O) groups is 1.